The van der Waals surface area contributed by atoms with Crippen molar-refractivity contribution in [2.24, 2.45) is 0 Å². The predicted molar refractivity (Wildman–Crippen MR) is 99.2 cm³/mol. The Bertz CT molecular complexity index is 822. The molecule has 2 heterocycles. The lowest BCUT2D eigenvalue weighted by Gasteiger charge is -2.23. The van der Waals surface area contributed by atoms with E-state index in [1.165, 1.54) is 53.2 Å². The van der Waals surface area contributed by atoms with Gasteiger partial charge in [0, 0.05) is 33.9 Å². The van der Waals surface area contributed by atoms with E-state index in [1.807, 2.05) is 0 Å². The largest absolute Gasteiger partial charge is 0.338 e. The van der Waals surface area contributed by atoms with E-state index < -0.39 is 0 Å². The molecule has 0 spiro atoms. The number of aromatic nitrogens is 1. The summed E-state index contributed by atoms with van der Waals surface area (Å²) in [5.41, 5.74) is 4.18. The van der Waals surface area contributed by atoms with E-state index in [4.69, 9.17) is 0 Å². The quantitative estimate of drug-likeness (QED) is 0.715. The molecule has 2 nitrogen and oxygen atoms in total. The lowest BCUT2D eigenvalue weighted by atomic mass is 9.97. The third-order valence-electron chi connectivity index (χ3n) is 5.19. The maximum Gasteiger partial charge on any atom is 0.0493 e. The van der Waals surface area contributed by atoms with Gasteiger partial charge in [0.15, 0.2) is 0 Å². The Balaban J connectivity index is 1.80. The van der Waals surface area contributed by atoms with Gasteiger partial charge < -0.3 is 9.88 Å². The van der Waals surface area contributed by atoms with Crippen LogP contribution in [0.5, 0.6) is 0 Å². The average Bonchev–Trinajstić information content (AvgIpc) is 2.90. The molecule has 1 saturated heterocycles. The molecular weight excluding hydrogens is 280 g/mol. The molecule has 0 radical (unpaired) electrons. The van der Waals surface area contributed by atoms with Gasteiger partial charge in [0.05, 0.1) is 0 Å². The van der Waals surface area contributed by atoms with E-state index in [1.54, 1.807) is 0 Å². The normalized spacial score (nSPS) is 19.0. The summed E-state index contributed by atoms with van der Waals surface area (Å²) in [5, 5.41) is 6.46. The molecule has 23 heavy (non-hydrogen) atoms. The summed E-state index contributed by atoms with van der Waals surface area (Å²) in [5.74, 6) is 0. The Hall–Kier alpha value is -1.80. The number of fused-ring (bicyclic) bond motifs is 3. The summed E-state index contributed by atoms with van der Waals surface area (Å²) < 4.78 is 2.47. The number of hydrogen-bond acceptors (Lipinski definition) is 1. The van der Waals surface area contributed by atoms with Crippen LogP contribution in [0.15, 0.2) is 42.5 Å². The zero-order valence-corrected chi connectivity index (χ0v) is 14.2. The maximum atomic E-state index is 3.67. The van der Waals surface area contributed by atoms with E-state index in [-0.39, 0.29) is 0 Å². The van der Waals surface area contributed by atoms with Crippen LogP contribution >= 0.6 is 0 Å². The van der Waals surface area contributed by atoms with Gasteiger partial charge >= 0.3 is 0 Å². The molecule has 1 fully saturated rings. The molecular formula is C21H26N2. The number of benzene rings is 2. The average molecular weight is 306 g/mol. The molecule has 1 aliphatic rings. The van der Waals surface area contributed by atoms with Crippen molar-refractivity contribution in [3.63, 3.8) is 0 Å². The first-order chi connectivity index (χ1) is 11.2. The van der Waals surface area contributed by atoms with Crippen molar-refractivity contribution in [2.75, 3.05) is 6.54 Å². The van der Waals surface area contributed by atoms with Gasteiger partial charge in [-0.3, -0.25) is 0 Å². The van der Waals surface area contributed by atoms with Crippen molar-refractivity contribution < 1.29 is 0 Å². The molecule has 1 aromatic heterocycles. The zero-order valence-electron chi connectivity index (χ0n) is 14.2. The molecule has 1 atom stereocenters. The van der Waals surface area contributed by atoms with E-state index in [9.17, 15) is 0 Å². The van der Waals surface area contributed by atoms with Crippen LogP contribution < -0.4 is 5.32 Å². The van der Waals surface area contributed by atoms with Gasteiger partial charge in [0.25, 0.3) is 0 Å². The fourth-order valence-electron chi connectivity index (χ4n) is 4.12. The Labute approximate surface area is 138 Å². The Morgan fingerprint density at radius 3 is 2.65 bits per heavy atom. The minimum Gasteiger partial charge on any atom is -0.338 e. The van der Waals surface area contributed by atoms with Crippen LogP contribution in [0.2, 0.25) is 0 Å². The lowest BCUT2D eigenvalue weighted by Crippen LogP contribution is -2.35. The fourth-order valence-corrected chi connectivity index (χ4v) is 4.12. The highest BCUT2D eigenvalue weighted by Crippen LogP contribution is 2.32. The van der Waals surface area contributed by atoms with E-state index in [0.717, 1.165) is 6.42 Å². The van der Waals surface area contributed by atoms with Crippen molar-refractivity contribution in [1.29, 1.82) is 0 Å². The number of hydrogen-bond donors (Lipinski definition) is 1. The van der Waals surface area contributed by atoms with Crippen molar-refractivity contribution in [1.82, 2.24) is 9.88 Å². The number of para-hydroxylation sites is 1. The van der Waals surface area contributed by atoms with Gasteiger partial charge in [-0.25, -0.2) is 0 Å². The first-order valence-electron chi connectivity index (χ1n) is 8.99. The Morgan fingerprint density at radius 2 is 1.87 bits per heavy atom. The lowest BCUT2D eigenvalue weighted by molar-refractivity contribution is 0.399. The molecule has 2 heteroatoms. The van der Waals surface area contributed by atoms with Crippen molar-refractivity contribution in [3.05, 3.63) is 48.0 Å². The second-order valence-corrected chi connectivity index (χ2v) is 7.18. The summed E-state index contributed by atoms with van der Waals surface area (Å²) >= 11 is 0. The van der Waals surface area contributed by atoms with Crippen molar-refractivity contribution >= 4 is 21.8 Å². The number of nitrogens with one attached hydrogen (secondary N) is 1. The number of rotatable bonds is 3. The maximum absolute atomic E-state index is 3.67. The summed E-state index contributed by atoms with van der Waals surface area (Å²) in [4.78, 5) is 0. The van der Waals surface area contributed by atoms with Crippen LogP contribution in [-0.2, 0) is 6.42 Å². The highest BCUT2D eigenvalue weighted by atomic mass is 15.0. The van der Waals surface area contributed by atoms with Crippen molar-refractivity contribution in [2.45, 2.75) is 51.6 Å². The molecule has 0 saturated carbocycles. The van der Waals surface area contributed by atoms with Gasteiger partial charge in [-0.05, 0) is 63.4 Å². The Morgan fingerprint density at radius 1 is 1.04 bits per heavy atom. The molecule has 0 amide bonds. The smallest absolute Gasteiger partial charge is 0.0493 e. The highest BCUT2D eigenvalue weighted by molar-refractivity contribution is 6.08. The van der Waals surface area contributed by atoms with E-state index in [2.05, 4.69) is 66.2 Å². The van der Waals surface area contributed by atoms with Crippen LogP contribution in [-0.4, -0.2) is 17.2 Å². The molecule has 120 valence electrons. The van der Waals surface area contributed by atoms with Gasteiger partial charge in [-0.2, -0.15) is 0 Å². The van der Waals surface area contributed by atoms with E-state index >= 15 is 0 Å². The molecule has 1 unspecified atom stereocenters. The second-order valence-electron chi connectivity index (χ2n) is 7.18. The summed E-state index contributed by atoms with van der Waals surface area (Å²) in [6, 6.07) is 17.0. The van der Waals surface area contributed by atoms with Gasteiger partial charge in [-0.15, -0.1) is 0 Å². The molecule has 1 N–H and O–H groups in total. The second kappa shape index (κ2) is 6.01. The van der Waals surface area contributed by atoms with E-state index in [0.29, 0.717) is 12.1 Å². The van der Waals surface area contributed by atoms with Crippen LogP contribution in [0.25, 0.3) is 21.8 Å². The molecule has 2 aromatic carbocycles. The van der Waals surface area contributed by atoms with Crippen LogP contribution in [0.4, 0.5) is 0 Å². The summed E-state index contributed by atoms with van der Waals surface area (Å²) in [6.07, 6.45) is 5.16. The molecule has 1 aliphatic heterocycles. The minimum atomic E-state index is 0.475. The van der Waals surface area contributed by atoms with Crippen LogP contribution in [0.1, 0.15) is 44.7 Å². The fraction of sp³-hybridized carbons (Fsp3) is 0.429. The number of piperidine rings is 1. The van der Waals surface area contributed by atoms with Crippen molar-refractivity contribution in [3.8, 4) is 0 Å². The number of nitrogens with zero attached hydrogens (tertiary/aromatic N) is 1. The highest BCUT2D eigenvalue weighted by Gasteiger charge is 2.16. The summed E-state index contributed by atoms with van der Waals surface area (Å²) in [6.45, 7) is 5.72. The molecule has 3 aromatic rings. The Kier molecular flexibility index (Phi) is 3.86. The third-order valence-corrected chi connectivity index (χ3v) is 5.19. The van der Waals surface area contributed by atoms with Gasteiger partial charge in [0.1, 0.15) is 0 Å². The first-order valence-corrected chi connectivity index (χ1v) is 8.99. The topological polar surface area (TPSA) is 17.0 Å². The van der Waals surface area contributed by atoms with Crippen LogP contribution in [0, 0.1) is 0 Å². The molecule has 0 aliphatic carbocycles. The minimum absolute atomic E-state index is 0.475. The van der Waals surface area contributed by atoms with Gasteiger partial charge in [0.2, 0.25) is 0 Å². The molecule has 0 bridgehead atoms. The standard InChI is InChI=1S/C21H26N2/c1-15(2)23-20-9-4-3-8-18(20)19-14-16(10-11-21(19)23)13-17-7-5-6-12-22-17/h3-4,8-11,14-15,17,22H,5-7,12-13H2,1-2H3. The van der Waals surface area contributed by atoms with Crippen LogP contribution in [0.3, 0.4) is 0 Å². The molecule has 4 rings (SSSR count). The predicted octanol–water partition coefficient (Wildman–Crippen LogP) is 5.06. The monoisotopic (exact) mass is 306 g/mol. The zero-order chi connectivity index (χ0) is 15.8. The summed E-state index contributed by atoms with van der Waals surface area (Å²) in [7, 11) is 0. The third kappa shape index (κ3) is 2.66. The first kappa shape index (κ1) is 14.8. The van der Waals surface area contributed by atoms with Gasteiger partial charge in [-0.1, -0.05) is 30.7 Å². The SMILES string of the molecule is CC(C)n1c2ccccc2c2cc(CC3CCCCN3)ccc21.